The Bertz CT molecular complexity index is 556. The van der Waals surface area contributed by atoms with Crippen molar-refractivity contribution in [2.75, 3.05) is 18.5 Å². The van der Waals surface area contributed by atoms with E-state index < -0.39 is 0 Å². The van der Waals surface area contributed by atoms with Crippen molar-refractivity contribution in [3.05, 3.63) is 66.0 Å². The Morgan fingerprint density at radius 3 is 2.40 bits per heavy atom. The second-order valence-corrected chi connectivity index (χ2v) is 5.40. The number of rotatable bonds is 5. The van der Waals surface area contributed by atoms with E-state index in [1.165, 1.54) is 6.07 Å². The minimum absolute atomic E-state index is 0.204. The third kappa shape index (κ3) is 3.17. The van der Waals surface area contributed by atoms with Crippen molar-refractivity contribution in [1.82, 2.24) is 0 Å². The highest BCUT2D eigenvalue weighted by molar-refractivity contribution is 5.48. The summed E-state index contributed by atoms with van der Waals surface area (Å²) in [7, 11) is 2.03. The second-order valence-electron chi connectivity index (χ2n) is 5.40. The minimum atomic E-state index is -0.255. The molecule has 0 fully saturated rings. The van der Waals surface area contributed by atoms with Gasteiger partial charge in [0.25, 0.3) is 0 Å². The van der Waals surface area contributed by atoms with Gasteiger partial charge in [-0.1, -0.05) is 30.3 Å². The first-order chi connectivity index (χ1) is 9.55. The summed E-state index contributed by atoms with van der Waals surface area (Å²) in [5.41, 5.74) is 7.81. The average molecular weight is 272 g/mol. The Balaban J connectivity index is 2.25. The molecular weight excluding hydrogens is 251 g/mol. The standard InChI is InChI=1S/C17H21FN2/c1-17(13-19,12-14-7-6-8-15(18)11-14)20(2)16-9-4-3-5-10-16/h3-11H,12-13,19H2,1-2H3. The molecule has 2 N–H and O–H groups in total. The number of likely N-dealkylation sites (N-methyl/N-ethyl adjacent to an activating group) is 1. The fourth-order valence-corrected chi connectivity index (χ4v) is 2.38. The molecular formula is C17H21FN2. The lowest BCUT2D eigenvalue weighted by atomic mass is 9.90. The van der Waals surface area contributed by atoms with Crippen molar-refractivity contribution in [2.24, 2.45) is 5.73 Å². The first kappa shape index (κ1) is 14.5. The van der Waals surface area contributed by atoms with E-state index in [2.05, 4.69) is 24.0 Å². The zero-order valence-corrected chi connectivity index (χ0v) is 12.0. The number of nitrogens with two attached hydrogens (primary N) is 1. The van der Waals surface area contributed by atoms with E-state index in [1.54, 1.807) is 12.1 Å². The molecule has 0 aromatic heterocycles. The number of benzene rings is 2. The van der Waals surface area contributed by atoms with Crippen LogP contribution in [0.25, 0.3) is 0 Å². The lowest BCUT2D eigenvalue weighted by molar-refractivity contribution is 0.449. The van der Waals surface area contributed by atoms with Crippen LogP contribution in [-0.2, 0) is 6.42 Å². The zero-order chi connectivity index (χ0) is 14.6. The Labute approximate surface area is 120 Å². The Kier molecular flexibility index (Phi) is 4.40. The first-order valence-electron chi connectivity index (χ1n) is 6.78. The maximum Gasteiger partial charge on any atom is 0.123 e. The predicted molar refractivity (Wildman–Crippen MR) is 82.4 cm³/mol. The van der Waals surface area contributed by atoms with E-state index >= 15 is 0 Å². The number of hydrogen-bond acceptors (Lipinski definition) is 2. The summed E-state index contributed by atoms with van der Waals surface area (Å²) in [5.74, 6) is -0.204. The van der Waals surface area contributed by atoms with Crippen LogP contribution in [0.15, 0.2) is 54.6 Å². The normalized spacial score (nSPS) is 13.8. The van der Waals surface area contributed by atoms with Crippen LogP contribution in [0.2, 0.25) is 0 Å². The van der Waals surface area contributed by atoms with Crippen molar-refractivity contribution in [3.63, 3.8) is 0 Å². The monoisotopic (exact) mass is 272 g/mol. The maximum atomic E-state index is 13.3. The van der Waals surface area contributed by atoms with E-state index in [0.717, 1.165) is 11.3 Å². The smallest absolute Gasteiger partial charge is 0.123 e. The number of nitrogens with zero attached hydrogens (tertiary/aromatic N) is 1. The number of anilines is 1. The minimum Gasteiger partial charge on any atom is -0.368 e. The second kappa shape index (κ2) is 6.06. The molecule has 0 aliphatic carbocycles. The summed E-state index contributed by atoms with van der Waals surface area (Å²) in [6.07, 6.45) is 0.701. The van der Waals surface area contributed by atoms with E-state index in [0.29, 0.717) is 13.0 Å². The SMILES string of the molecule is CN(c1ccccc1)C(C)(CN)Cc1cccc(F)c1. The molecule has 0 saturated heterocycles. The van der Waals surface area contributed by atoms with Crippen molar-refractivity contribution in [1.29, 1.82) is 0 Å². The largest absolute Gasteiger partial charge is 0.368 e. The molecule has 0 amide bonds. The van der Waals surface area contributed by atoms with Gasteiger partial charge in [0.2, 0.25) is 0 Å². The summed E-state index contributed by atoms with van der Waals surface area (Å²) in [5, 5.41) is 0. The van der Waals surface area contributed by atoms with Gasteiger partial charge in [0, 0.05) is 19.3 Å². The Morgan fingerprint density at radius 1 is 1.10 bits per heavy atom. The summed E-state index contributed by atoms with van der Waals surface area (Å²) in [6.45, 7) is 2.60. The molecule has 106 valence electrons. The van der Waals surface area contributed by atoms with Crippen LogP contribution in [0.5, 0.6) is 0 Å². The predicted octanol–water partition coefficient (Wildman–Crippen LogP) is 3.22. The quantitative estimate of drug-likeness (QED) is 0.905. The average Bonchev–Trinajstić information content (AvgIpc) is 2.47. The highest BCUT2D eigenvalue weighted by Crippen LogP contribution is 2.25. The van der Waals surface area contributed by atoms with Crippen LogP contribution in [0.1, 0.15) is 12.5 Å². The number of hydrogen-bond donors (Lipinski definition) is 1. The van der Waals surface area contributed by atoms with Crippen molar-refractivity contribution in [2.45, 2.75) is 18.9 Å². The van der Waals surface area contributed by atoms with Gasteiger partial charge in [-0.2, -0.15) is 0 Å². The summed E-state index contributed by atoms with van der Waals surface area (Å²) < 4.78 is 13.3. The van der Waals surface area contributed by atoms with Crippen LogP contribution in [0, 0.1) is 5.82 Å². The van der Waals surface area contributed by atoms with E-state index in [1.807, 2.05) is 31.3 Å². The molecule has 20 heavy (non-hydrogen) atoms. The Morgan fingerprint density at radius 2 is 1.80 bits per heavy atom. The molecule has 2 nitrogen and oxygen atoms in total. The lowest BCUT2D eigenvalue weighted by Crippen LogP contribution is -2.51. The van der Waals surface area contributed by atoms with E-state index in [4.69, 9.17) is 5.73 Å². The zero-order valence-electron chi connectivity index (χ0n) is 12.0. The first-order valence-corrected chi connectivity index (χ1v) is 6.78. The van der Waals surface area contributed by atoms with E-state index in [9.17, 15) is 4.39 Å². The van der Waals surface area contributed by atoms with Crippen LogP contribution in [-0.4, -0.2) is 19.1 Å². The van der Waals surface area contributed by atoms with Crippen molar-refractivity contribution in [3.8, 4) is 0 Å². The van der Waals surface area contributed by atoms with Gasteiger partial charge in [-0.25, -0.2) is 4.39 Å². The summed E-state index contributed by atoms with van der Waals surface area (Å²) in [4.78, 5) is 2.16. The van der Waals surface area contributed by atoms with Gasteiger partial charge in [-0.3, -0.25) is 0 Å². The van der Waals surface area contributed by atoms with Gasteiger partial charge in [-0.05, 0) is 43.2 Å². The Hall–Kier alpha value is -1.87. The molecule has 1 atom stereocenters. The van der Waals surface area contributed by atoms with Crippen molar-refractivity contribution >= 4 is 5.69 Å². The number of para-hydroxylation sites is 1. The topological polar surface area (TPSA) is 29.3 Å². The third-order valence-corrected chi connectivity index (χ3v) is 3.87. The maximum absolute atomic E-state index is 13.3. The molecule has 3 heteroatoms. The van der Waals surface area contributed by atoms with E-state index in [-0.39, 0.29) is 11.4 Å². The molecule has 0 radical (unpaired) electrons. The van der Waals surface area contributed by atoms with Gasteiger partial charge in [0.05, 0.1) is 5.54 Å². The summed E-state index contributed by atoms with van der Waals surface area (Å²) in [6, 6.07) is 16.8. The molecule has 0 spiro atoms. The third-order valence-electron chi connectivity index (χ3n) is 3.87. The van der Waals surface area contributed by atoms with Crippen molar-refractivity contribution < 1.29 is 4.39 Å². The lowest BCUT2D eigenvalue weighted by Gasteiger charge is -2.40. The van der Waals surface area contributed by atoms with Crippen LogP contribution in [0.4, 0.5) is 10.1 Å². The highest BCUT2D eigenvalue weighted by atomic mass is 19.1. The molecule has 0 bridgehead atoms. The molecule has 0 heterocycles. The molecule has 0 aliphatic rings. The van der Waals surface area contributed by atoms with Gasteiger partial charge < -0.3 is 10.6 Å². The molecule has 2 aromatic rings. The fraction of sp³-hybridized carbons (Fsp3) is 0.294. The van der Waals surface area contributed by atoms with Crippen LogP contribution >= 0.6 is 0 Å². The molecule has 2 rings (SSSR count). The van der Waals surface area contributed by atoms with Gasteiger partial charge in [0.15, 0.2) is 0 Å². The summed E-state index contributed by atoms with van der Waals surface area (Å²) >= 11 is 0. The molecule has 1 unspecified atom stereocenters. The van der Waals surface area contributed by atoms with Crippen LogP contribution < -0.4 is 10.6 Å². The fourth-order valence-electron chi connectivity index (χ4n) is 2.38. The van der Waals surface area contributed by atoms with Gasteiger partial charge in [0.1, 0.15) is 5.82 Å². The molecule has 0 saturated carbocycles. The van der Waals surface area contributed by atoms with Gasteiger partial charge in [-0.15, -0.1) is 0 Å². The molecule has 2 aromatic carbocycles. The van der Waals surface area contributed by atoms with Gasteiger partial charge >= 0.3 is 0 Å². The highest BCUT2D eigenvalue weighted by Gasteiger charge is 2.28. The van der Waals surface area contributed by atoms with Crippen LogP contribution in [0.3, 0.4) is 0 Å². The molecule has 0 aliphatic heterocycles. The number of halogens is 1.